The lowest BCUT2D eigenvalue weighted by Crippen LogP contribution is -2.28. The molecule has 0 heterocycles. The molecule has 0 rings (SSSR count). The first-order valence-electron chi connectivity index (χ1n) is 4.10. The molecule has 0 aromatic rings. The van der Waals surface area contributed by atoms with Crippen LogP contribution in [-0.2, 0) is 4.74 Å². The van der Waals surface area contributed by atoms with Crippen LogP contribution in [0, 0.1) is 0 Å². The van der Waals surface area contributed by atoms with Crippen LogP contribution in [0.5, 0.6) is 0 Å². The van der Waals surface area contributed by atoms with Crippen LogP contribution < -0.4 is 5.32 Å². The molecule has 7 heteroatoms. The van der Waals surface area contributed by atoms with Crippen LogP contribution in [0.4, 0.5) is 9.59 Å². The summed E-state index contributed by atoms with van der Waals surface area (Å²) in [7, 11) is 0. The summed E-state index contributed by atoms with van der Waals surface area (Å²) in [5.41, 5.74) is -0.646. The molecule has 0 unspecified atom stereocenters. The number of hydrogen-bond donors (Lipinski definition) is 2. The maximum absolute atomic E-state index is 11.2. The summed E-state index contributed by atoms with van der Waals surface area (Å²) < 4.78 is 4.88. The van der Waals surface area contributed by atoms with E-state index in [0.717, 1.165) is 11.8 Å². The number of rotatable bonds is 0. The fraction of sp³-hybridized carbons (Fsp3) is 0.625. The number of aliphatic imine (C=N–C) groups is 1. The van der Waals surface area contributed by atoms with Gasteiger partial charge in [-0.15, -0.1) is 0 Å². The van der Waals surface area contributed by atoms with Gasteiger partial charge in [-0.25, -0.2) is 9.59 Å². The molecular formula is C8H14N2O4S. The van der Waals surface area contributed by atoms with Crippen molar-refractivity contribution in [2.24, 2.45) is 4.99 Å². The Labute approximate surface area is 92.1 Å². The lowest BCUT2D eigenvalue weighted by Gasteiger charge is -2.17. The Morgan fingerprint density at radius 2 is 1.93 bits per heavy atom. The van der Waals surface area contributed by atoms with Gasteiger partial charge in [0.2, 0.25) is 0 Å². The molecule has 0 aliphatic rings. The number of hydrogen-bond acceptors (Lipinski definition) is 4. The Morgan fingerprint density at radius 1 is 1.40 bits per heavy atom. The number of carbonyl (C=O) groups excluding carboxylic acids is 1. The summed E-state index contributed by atoms with van der Waals surface area (Å²) in [5, 5.41) is 10.4. The van der Waals surface area contributed by atoms with Crippen LogP contribution in [0.2, 0.25) is 0 Å². The van der Waals surface area contributed by atoms with Crippen molar-refractivity contribution in [3.8, 4) is 0 Å². The minimum absolute atomic E-state index is 0.0169. The van der Waals surface area contributed by atoms with E-state index in [1.807, 2.05) is 5.32 Å². The SMILES string of the molecule is CSC(=NC(=O)OC(C)(C)C)NC(=O)O. The molecular weight excluding hydrogens is 220 g/mol. The van der Waals surface area contributed by atoms with E-state index < -0.39 is 17.8 Å². The van der Waals surface area contributed by atoms with Gasteiger partial charge >= 0.3 is 12.2 Å². The second-order valence-electron chi connectivity index (χ2n) is 3.53. The highest BCUT2D eigenvalue weighted by atomic mass is 32.2. The summed E-state index contributed by atoms with van der Waals surface area (Å²) >= 11 is 1.01. The van der Waals surface area contributed by atoms with Crippen LogP contribution in [0.15, 0.2) is 4.99 Å². The smallest absolute Gasteiger partial charge is 0.436 e. The van der Waals surface area contributed by atoms with Crippen molar-refractivity contribution in [3.05, 3.63) is 0 Å². The molecule has 0 aliphatic carbocycles. The standard InChI is InChI=1S/C8H14N2O4S/c1-8(2,3)14-7(13)10-5(15-4)9-6(11)12/h1-4H3,(H,11,12)(H,9,10,13). The molecule has 2 N–H and O–H groups in total. The Bertz CT molecular complexity index is 283. The van der Waals surface area contributed by atoms with Gasteiger partial charge in [-0.2, -0.15) is 4.99 Å². The minimum atomic E-state index is -1.27. The van der Waals surface area contributed by atoms with Crippen molar-refractivity contribution in [2.75, 3.05) is 6.26 Å². The van der Waals surface area contributed by atoms with Gasteiger partial charge in [0.15, 0.2) is 5.17 Å². The van der Waals surface area contributed by atoms with Crippen molar-refractivity contribution in [3.63, 3.8) is 0 Å². The first-order chi connectivity index (χ1) is 6.74. The molecule has 0 atom stereocenters. The van der Waals surface area contributed by atoms with Gasteiger partial charge in [0.1, 0.15) is 5.60 Å². The highest BCUT2D eigenvalue weighted by Crippen LogP contribution is 2.08. The Morgan fingerprint density at radius 3 is 2.27 bits per heavy atom. The zero-order valence-electron chi connectivity index (χ0n) is 9.03. The third-order valence-corrected chi connectivity index (χ3v) is 1.57. The maximum Gasteiger partial charge on any atom is 0.436 e. The van der Waals surface area contributed by atoms with Gasteiger partial charge < -0.3 is 9.84 Å². The predicted octanol–water partition coefficient (Wildman–Crippen LogP) is 1.91. The van der Waals surface area contributed by atoms with Gasteiger partial charge in [0, 0.05) is 0 Å². The summed E-state index contributed by atoms with van der Waals surface area (Å²) in [6, 6.07) is 0. The van der Waals surface area contributed by atoms with Crippen LogP contribution in [0.3, 0.4) is 0 Å². The van der Waals surface area contributed by atoms with Gasteiger partial charge in [0.05, 0.1) is 0 Å². The first-order valence-corrected chi connectivity index (χ1v) is 5.32. The first kappa shape index (κ1) is 13.8. The van der Waals surface area contributed by atoms with Gasteiger partial charge in [-0.3, -0.25) is 5.32 Å². The second kappa shape index (κ2) is 5.59. The molecule has 0 fully saturated rings. The zero-order chi connectivity index (χ0) is 12.1. The molecule has 86 valence electrons. The topological polar surface area (TPSA) is 88.0 Å². The van der Waals surface area contributed by atoms with Crippen molar-refractivity contribution < 1.29 is 19.4 Å². The zero-order valence-corrected chi connectivity index (χ0v) is 9.84. The normalized spacial score (nSPS) is 12.1. The number of thioether (sulfide) groups is 1. The van der Waals surface area contributed by atoms with E-state index in [4.69, 9.17) is 9.84 Å². The van der Waals surface area contributed by atoms with Crippen LogP contribution >= 0.6 is 11.8 Å². The van der Waals surface area contributed by atoms with Crippen LogP contribution in [0.25, 0.3) is 0 Å². The van der Waals surface area contributed by atoms with Gasteiger partial charge in [-0.05, 0) is 27.0 Å². The highest BCUT2D eigenvalue weighted by molar-refractivity contribution is 8.13. The number of amidine groups is 1. The lowest BCUT2D eigenvalue weighted by molar-refractivity contribution is 0.0604. The fourth-order valence-corrected chi connectivity index (χ4v) is 0.939. The molecule has 2 amide bonds. The number of ether oxygens (including phenoxy) is 1. The van der Waals surface area contributed by atoms with Gasteiger partial charge in [0.25, 0.3) is 0 Å². The van der Waals surface area contributed by atoms with Crippen molar-refractivity contribution >= 4 is 29.1 Å². The van der Waals surface area contributed by atoms with E-state index in [1.54, 1.807) is 27.0 Å². The average Bonchev–Trinajstić information content (AvgIpc) is 1.98. The van der Waals surface area contributed by atoms with E-state index in [2.05, 4.69) is 4.99 Å². The summed E-state index contributed by atoms with van der Waals surface area (Å²) in [6.07, 6.45) is -0.494. The molecule has 15 heavy (non-hydrogen) atoms. The quantitative estimate of drug-likeness (QED) is 0.493. The maximum atomic E-state index is 11.2. The minimum Gasteiger partial charge on any atom is -0.465 e. The molecule has 0 aromatic carbocycles. The Balaban J connectivity index is 4.43. The predicted molar refractivity (Wildman–Crippen MR) is 58.3 cm³/mol. The monoisotopic (exact) mass is 234 g/mol. The Kier molecular flexibility index (Phi) is 5.13. The molecule has 6 nitrogen and oxygen atoms in total. The second-order valence-corrected chi connectivity index (χ2v) is 4.33. The van der Waals surface area contributed by atoms with Crippen molar-refractivity contribution in [1.82, 2.24) is 5.32 Å². The molecule has 0 bridgehead atoms. The van der Waals surface area contributed by atoms with E-state index >= 15 is 0 Å². The highest BCUT2D eigenvalue weighted by Gasteiger charge is 2.16. The fourth-order valence-electron chi connectivity index (χ4n) is 0.584. The van der Waals surface area contributed by atoms with Crippen LogP contribution in [0.1, 0.15) is 20.8 Å². The summed E-state index contributed by atoms with van der Waals surface area (Å²) in [5.74, 6) is 0. The van der Waals surface area contributed by atoms with E-state index in [0.29, 0.717) is 0 Å². The van der Waals surface area contributed by atoms with Gasteiger partial charge in [-0.1, -0.05) is 11.8 Å². The molecule has 0 radical (unpaired) electrons. The molecule has 0 aliphatic heterocycles. The molecule has 0 aromatic heterocycles. The largest absolute Gasteiger partial charge is 0.465 e. The molecule has 0 spiro atoms. The molecule has 0 saturated heterocycles. The third-order valence-electron chi connectivity index (χ3n) is 0.994. The molecule has 0 saturated carbocycles. The van der Waals surface area contributed by atoms with E-state index in [9.17, 15) is 9.59 Å². The van der Waals surface area contributed by atoms with Crippen LogP contribution in [-0.4, -0.2) is 34.3 Å². The van der Waals surface area contributed by atoms with E-state index in [-0.39, 0.29) is 5.17 Å². The number of carbonyl (C=O) groups is 2. The summed E-state index contributed by atoms with van der Waals surface area (Å²) in [6.45, 7) is 5.09. The number of nitrogens with one attached hydrogen (secondary N) is 1. The number of amides is 2. The third kappa shape index (κ3) is 7.80. The van der Waals surface area contributed by atoms with Crippen molar-refractivity contribution in [2.45, 2.75) is 26.4 Å². The average molecular weight is 234 g/mol. The van der Waals surface area contributed by atoms with E-state index in [1.165, 1.54) is 0 Å². The number of carboxylic acid groups (broad SMARTS) is 1. The number of nitrogens with zero attached hydrogens (tertiary/aromatic N) is 1. The summed E-state index contributed by atoms with van der Waals surface area (Å²) in [4.78, 5) is 24.9. The van der Waals surface area contributed by atoms with Crippen molar-refractivity contribution in [1.29, 1.82) is 0 Å². The lowest BCUT2D eigenvalue weighted by atomic mass is 10.2. The Hall–Kier alpha value is -1.24.